The molecule has 0 fully saturated rings. The Morgan fingerprint density at radius 2 is 1.64 bits per heavy atom. The fraction of sp³-hybridized carbons (Fsp3) is 0.692. The topological polar surface area (TPSA) is 0 Å². The van der Waals surface area contributed by atoms with Crippen molar-refractivity contribution < 1.29 is 0 Å². The van der Waals surface area contributed by atoms with Gasteiger partial charge in [0, 0.05) is 4.88 Å². The molecule has 0 bridgehead atoms. The number of thiophene rings is 1. The molecule has 1 aliphatic carbocycles. The lowest BCUT2D eigenvalue weighted by Crippen LogP contribution is -2.32. The lowest BCUT2D eigenvalue weighted by molar-refractivity contribution is 0.337. The summed E-state index contributed by atoms with van der Waals surface area (Å²) in [6, 6.07) is 0. The van der Waals surface area contributed by atoms with E-state index >= 15 is 0 Å². The molecule has 0 spiro atoms. The minimum absolute atomic E-state index is 0.398. The van der Waals surface area contributed by atoms with E-state index in [9.17, 15) is 0 Å². The molecule has 0 aromatic carbocycles. The second kappa shape index (κ2) is 2.85. The highest BCUT2D eigenvalue weighted by atomic mass is 32.1. The van der Waals surface area contributed by atoms with Crippen molar-refractivity contribution in [1.82, 2.24) is 0 Å². The Labute approximate surface area is 91.4 Å². The minimum atomic E-state index is 0.398. The molecule has 78 valence electrons. The molecule has 0 radical (unpaired) electrons. The van der Waals surface area contributed by atoms with Crippen molar-refractivity contribution in [2.75, 3.05) is 0 Å². The standard InChI is InChI=1S/C13H20S/c1-9-8-14-11-10(9)12(2,3)6-7-13(11,4)5/h8H,6-7H2,1-5H3. The van der Waals surface area contributed by atoms with E-state index in [1.807, 2.05) is 11.3 Å². The van der Waals surface area contributed by atoms with Crippen LogP contribution in [0.4, 0.5) is 0 Å². The number of hydrogen-bond acceptors (Lipinski definition) is 1. The van der Waals surface area contributed by atoms with Crippen LogP contribution < -0.4 is 0 Å². The number of rotatable bonds is 0. The lowest BCUT2D eigenvalue weighted by atomic mass is 9.66. The van der Waals surface area contributed by atoms with Gasteiger partial charge in [0.05, 0.1) is 0 Å². The Morgan fingerprint density at radius 1 is 1.07 bits per heavy atom. The molecular weight excluding hydrogens is 188 g/mol. The van der Waals surface area contributed by atoms with Crippen LogP contribution in [0.25, 0.3) is 0 Å². The van der Waals surface area contributed by atoms with Gasteiger partial charge in [-0.05, 0) is 47.1 Å². The fourth-order valence-electron chi connectivity index (χ4n) is 2.65. The quantitative estimate of drug-likeness (QED) is 0.592. The molecule has 14 heavy (non-hydrogen) atoms. The van der Waals surface area contributed by atoms with Crippen LogP contribution in [0.3, 0.4) is 0 Å². The molecule has 0 unspecified atom stereocenters. The van der Waals surface area contributed by atoms with Crippen LogP contribution >= 0.6 is 11.3 Å². The van der Waals surface area contributed by atoms with Gasteiger partial charge in [0.25, 0.3) is 0 Å². The molecule has 1 heterocycles. The van der Waals surface area contributed by atoms with Gasteiger partial charge >= 0.3 is 0 Å². The monoisotopic (exact) mass is 208 g/mol. The summed E-state index contributed by atoms with van der Waals surface area (Å²) in [6.07, 6.45) is 2.65. The summed E-state index contributed by atoms with van der Waals surface area (Å²) in [7, 11) is 0. The van der Waals surface area contributed by atoms with E-state index in [1.54, 1.807) is 10.4 Å². The van der Waals surface area contributed by atoms with Gasteiger partial charge in [0.15, 0.2) is 0 Å². The van der Waals surface area contributed by atoms with Gasteiger partial charge in [-0.1, -0.05) is 27.7 Å². The zero-order valence-corrected chi connectivity index (χ0v) is 10.7. The summed E-state index contributed by atoms with van der Waals surface area (Å²) < 4.78 is 0. The molecule has 0 aliphatic heterocycles. The Hall–Kier alpha value is -0.300. The van der Waals surface area contributed by atoms with Gasteiger partial charge in [0.1, 0.15) is 0 Å². The van der Waals surface area contributed by atoms with E-state index in [-0.39, 0.29) is 0 Å². The summed E-state index contributed by atoms with van der Waals surface area (Å²) in [5, 5.41) is 2.33. The first-order valence-corrected chi connectivity index (χ1v) is 6.32. The lowest BCUT2D eigenvalue weighted by Gasteiger charge is -2.40. The molecule has 0 N–H and O–H groups in total. The van der Waals surface area contributed by atoms with E-state index in [2.05, 4.69) is 40.0 Å². The van der Waals surface area contributed by atoms with Crippen LogP contribution in [0, 0.1) is 6.92 Å². The van der Waals surface area contributed by atoms with E-state index < -0.39 is 0 Å². The van der Waals surface area contributed by atoms with Crippen molar-refractivity contribution in [1.29, 1.82) is 0 Å². The molecule has 1 aliphatic rings. The van der Waals surface area contributed by atoms with Crippen molar-refractivity contribution in [3.63, 3.8) is 0 Å². The van der Waals surface area contributed by atoms with Gasteiger partial charge < -0.3 is 0 Å². The van der Waals surface area contributed by atoms with Crippen LogP contribution in [0.1, 0.15) is 56.5 Å². The van der Waals surface area contributed by atoms with Gasteiger partial charge in [0.2, 0.25) is 0 Å². The first kappa shape index (κ1) is 10.2. The van der Waals surface area contributed by atoms with E-state index in [1.165, 1.54) is 18.4 Å². The minimum Gasteiger partial charge on any atom is -0.148 e. The second-order valence-corrected chi connectivity index (χ2v) is 6.77. The summed E-state index contributed by atoms with van der Waals surface area (Å²) in [5.41, 5.74) is 3.94. The molecule has 0 atom stereocenters. The third-order valence-corrected chi connectivity index (χ3v) is 5.11. The fourth-order valence-corrected chi connectivity index (χ4v) is 4.04. The van der Waals surface area contributed by atoms with Crippen molar-refractivity contribution in [3.8, 4) is 0 Å². The summed E-state index contributed by atoms with van der Waals surface area (Å²) in [5.74, 6) is 0. The molecular formula is C13H20S. The largest absolute Gasteiger partial charge is 0.148 e. The third-order valence-electron chi connectivity index (χ3n) is 3.64. The highest BCUT2D eigenvalue weighted by Gasteiger charge is 2.39. The van der Waals surface area contributed by atoms with Crippen LogP contribution in [-0.2, 0) is 10.8 Å². The second-order valence-electron chi connectivity index (χ2n) is 5.89. The van der Waals surface area contributed by atoms with E-state index in [4.69, 9.17) is 0 Å². The maximum atomic E-state index is 2.39. The molecule has 0 saturated heterocycles. The van der Waals surface area contributed by atoms with Gasteiger partial charge in [-0.3, -0.25) is 0 Å². The SMILES string of the molecule is Cc1csc2c1C(C)(C)CCC2(C)C. The van der Waals surface area contributed by atoms with Gasteiger partial charge in [-0.15, -0.1) is 11.3 Å². The Kier molecular flexibility index (Phi) is 2.08. The molecule has 1 heteroatoms. The van der Waals surface area contributed by atoms with Crippen molar-refractivity contribution in [3.05, 3.63) is 21.4 Å². The molecule has 0 nitrogen and oxygen atoms in total. The summed E-state index contributed by atoms with van der Waals surface area (Å²) in [6.45, 7) is 11.8. The summed E-state index contributed by atoms with van der Waals surface area (Å²) >= 11 is 1.96. The van der Waals surface area contributed by atoms with Crippen LogP contribution in [0.2, 0.25) is 0 Å². The number of hydrogen-bond donors (Lipinski definition) is 0. The summed E-state index contributed by atoms with van der Waals surface area (Å²) in [4.78, 5) is 1.63. The number of fused-ring (bicyclic) bond motifs is 1. The average molecular weight is 208 g/mol. The molecule has 1 aromatic rings. The Balaban J connectivity index is 2.64. The first-order chi connectivity index (χ1) is 6.34. The van der Waals surface area contributed by atoms with Crippen LogP contribution in [0.5, 0.6) is 0 Å². The normalized spacial score (nSPS) is 23.2. The number of aryl methyl sites for hydroxylation is 1. The van der Waals surface area contributed by atoms with Crippen LogP contribution in [-0.4, -0.2) is 0 Å². The highest BCUT2D eigenvalue weighted by Crippen LogP contribution is 2.49. The van der Waals surface area contributed by atoms with Crippen molar-refractivity contribution in [2.45, 2.75) is 58.3 Å². The smallest absolute Gasteiger partial charge is 0.0142 e. The maximum absolute atomic E-state index is 2.39. The third kappa shape index (κ3) is 1.33. The Bertz CT molecular complexity index is 355. The van der Waals surface area contributed by atoms with Gasteiger partial charge in [-0.25, -0.2) is 0 Å². The molecule has 0 amide bonds. The average Bonchev–Trinajstić information content (AvgIpc) is 2.44. The first-order valence-electron chi connectivity index (χ1n) is 5.44. The molecule has 2 rings (SSSR count). The maximum Gasteiger partial charge on any atom is 0.0142 e. The van der Waals surface area contributed by atoms with E-state index in [0.717, 1.165) is 0 Å². The van der Waals surface area contributed by atoms with Crippen molar-refractivity contribution >= 4 is 11.3 Å². The predicted molar refractivity (Wildman–Crippen MR) is 64.3 cm³/mol. The molecule has 1 aromatic heterocycles. The Morgan fingerprint density at radius 3 is 2.21 bits per heavy atom. The molecule has 0 saturated carbocycles. The van der Waals surface area contributed by atoms with E-state index in [0.29, 0.717) is 10.8 Å². The zero-order chi connectivity index (χ0) is 10.6. The predicted octanol–water partition coefficient (Wildman–Crippen LogP) is 4.41. The highest BCUT2D eigenvalue weighted by molar-refractivity contribution is 7.10. The van der Waals surface area contributed by atoms with Gasteiger partial charge in [-0.2, -0.15) is 0 Å². The van der Waals surface area contributed by atoms with Crippen molar-refractivity contribution in [2.24, 2.45) is 0 Å². The zero-order valence-electron chi connectivity index (χ0n) is 9.90. The van der Waals surface area contributed by atoms with Crippen LogP contribution in [0.15, 0.2) is 5.38 Å².